The summed E-state index contributed by atoms with van der Waals surface area (Å²) in [6.07, 6.45) is -3.67. The highest BCUT2D eigenvalue weighted by Crippen LogP contribution is 2.40. The maximum atomic E-state index is 13.8. The number of nitrogens with two attached hydrogens (primary N) is 1. The van der Waals surface area contributed by atoms with E-state index in [0.29, 0.717) is 37.6 Å². The van der Waals surface area contributed by atoms with Gasteiger partial charge in [-0.3, -0.25) is 4.90 Å². The lowest BCUT2D eigenvalue weighted by atomic mass is 10.1. The number of fused-ring (bicyclic) bond motifs is 1. The Balaban J connectivity index is 1.66. The number of alkyl halides is 3. The smallest absolute Gasteiger partial charge is 0.378 e. The summed E-state index contributed by atoms with van der Waals surface area (Å²) in [5.41, 5.74) is 5.66. The molecule has 182 valence electrons. The third-order valence-electron chi connectivity index (χ3n) is 6.05. The van der Waals surface area contributed by atoms with Crippen molar-refractivity contribution in [2.45, 2.75) is 19.6 Å². The third-order valence-corrected chi connectivity index (χ3v) is 7.31. The van der Waals surface area contributed by atoms with Crippen LogP contribution in [0, 0.1) is 6.92 Å². The quantitative estimate of drug-likeness (QED) is 0.565. The first-order valence-corrected chi connectivity index (χ1v) is 11.9. The van der Waals surface area contributed by atoms with Crippen LogP contribution in [0.3, 0.4) is 0 Å². The van der Waals surface area contributed by atoms with Crippen molar-refractivity contribution in [3.05, 3.63) is 22.3 Å². The zero-order valence-electron chi connectivity index (χ0n) is 18.7. The zero-order chi connectivity index (χ0) is 23.9. The Morgan fingerprint density at radius 1 is 1.12 bits per heavy atom. The predicted octanol–water partition coefficient (Wildman–Crippen LogP) is 2.30. The molecule has 34 heavy (non-hydrogen) atoms. The summed E-state index contributed by atoms with van der Waals surface area (Å²) < 4.78 is 47.7. The number of anilines is 2. The molecule has 3 aromatic rings. The lowest BCUT2D eigenvalue weighted by Crippen LogP contribution is -2.42. The Morgan fingerprint density at radius 2 is 1.85 bits per heavy atom. The summed E-state index contributed by atoms with van der Waals surface area (Å²) in [6.45, 7) is 8.74. The molecule has 0 unspecified atom stereocenters. The Morgan fingerprint density at radius 3 is 2.56 bits per heavy atom. The lowest BCUT2D eigenvalue weighted by molar-refractivity contribution is -0.140. The van der Waals surface area contributed by atoms with Crippen LogP contribution >= 0.6 is 11.3 Å². The fourth-order valence-electron chi connectivity index (χ4n) is 4.23. The molecule has 2 fully saturated rings. The van der Waals surface area contributed by atoms with E-state index in [9.17, 15) is 13.2 Å². The number of hydrogen-bond donors (Lipinski definition) is 2. The number of thiophene rings is 1. The maximum absolute atomic E-state index is 13.8. The van der Waals surface area contributed by atoms with Gasteiger partial charge in [-0.05, 0) is 12.5 Å². The Bertz CT molecular complexity index is 1190. The number of aryl methyl sites for hydroxylation is 1. The zero-order valence-corrected chi connectivity index (χ0v) is 19.5. The van der Waals surface area contributed by atoms with Gasteiger partial charge in [0.25, 0.3) is 0 Å². The van der Waals surface area contributed by atoms with E-state index in [4.69, 9.17) is 10.5 Å². The van der Waals surface area contributed by atoms with Crippen molar-refractivity contribution in [1.29, 1.82) is 0 Å². The number of halogens is 3. The molecule has 13 heteroatoms. The van der Waals surface area contributed by atoms with E-state index in [2.05, 4.69) is 30.2 Å². The lowest BCUT2D eigenvalue weighted by Gasteiger charge is -2.28. The molecule has 0 radical (unpaired) electrons. The van der Waals surface area contributed by atoms with E-state index in [-0.39, 0.29) is 11.4 Å². The van der Waals surface area contributed by atoms with Crippen molar-refractivity contribution < 1.29 is 17.9 Å². The molecule has 3 N–H and O–H groups in total. The van der Waals surface area contributed by atoms with Gasteiger partial charge in [-0.2, -0.15) is 13.2 Å². The first kappa shape index (κ1) is 23.1. The third kappa shape index (κ3) is 4.52. The molecular weight excluding hydrogens is 469 g/mol. The first-order chi connectivity index (χ1) is 16.3. The Hall–Kier alpha value is -2.61. The van der Waals surface area contributed by atoms with Gasteiger partial charge in [-0.1, -0.05) is 0 Å². The number of rotatable bonds is 4. The highest BCUT2D eigenvalue weighted by atomic mass is 32.1. The standard InChI is InChI=1S/C21H25F3N8OS/c1-12-14(11-31-4-2-26-3-5-31)34-16-15(12)28-18(30-19(16)32-6-8-33-9-7-32)13-10-27-20(25)29-17(13)21(22,23)24/h10,26H,2-9,11H2,1H3,(H2,25,27,29). The number of aromatic nitrogens is 4. The molecule has 2 aliphatic rings. The molecule has 0 saturated carbocycles. The highest BCUT2D eigenvalue weighted by Gasteiger charge is 2.37. The molecule has 0 amide bonds. The summed E-state index contributed by atoms with van der Waals surface area (Å²) in [4.78, 5) is 22.1. The Kier molecular flexibility index (Phi) is 6.27. The van der Waals surface area contributed by atoms with Crippen LogP contribution in [0.5, 0.6) is 0 Å². The van der Waals surface area contributed by atoms with Crippen molar-refractivity contribution in [3.8, 4) is 11.4 Å². The second kappa shape index (κ2) is 9.21. The van der Waals surface area contributed by atoms with Crippen LogP contribution in [0.15, 0.2) is 6.20 Å². The van der Waals surface area contributed by atoms with Gasteiger partial charge in [-0.25, -0.2) is 19.9 Å². The van der Waals surface area contributed by atoms with Crippen LogP contribution in [0.1, 0.15) is 16.1 Å². The summed E-state index contributed by atoms with van der Waals surface area (Å²) >= 11 is 1.61. The van der Waals surface area contributed by atoms with Gasteiger partial charge in [0, 0.05) is 56.9 Å². The molecular formula is C21H25F3N8OS. The maximum Gasteiger partial charge on any atom is 0.434 e. The highest BCUT2D eigenvalue weighted by molar-refractivity contribution is 7.19. The molecule has 0 aromatic carbocycles. The summed E-state index contributed by atoms with van der Waals surface area (Å²) in [5.74, 6) is 0.111. The van der Waals surface area contributed by atoms with Crippen LogP contribution in [0.25, 0.3) is 21.6 Å². The first-order valence-electron chi connectivity index (χ1n) is 11.1. The molecule has 0 atom stereocenters. The van der Waals surface area contributed by atoms with E-state index >= 15 is 0 Å². The van der Waals surface area contributed by atoms with Crippen molar-refractivity contribution in [3.63, 3.8) is 0 Å². The average molecular weight is 495 g/mol. The number of nitrogens with zero attached hydrogens (tertiary/aromatic N) is 6. The largest absolute Gasteiger partial charge is 0.434 e. The van der Waals surface area contributed by atoms with Crippen LogP contribution in [0.4, 0.5) is 24.9 Å². The van der Waals surface area contributed by atoms with E-state index < -0.39 is 17.8 Å². The molecule has 0 bridgehead atoms. The second-order valence-corrected chi connectivity index (χ2v) is 9.42. The number of piperazine rings is 1. The van der Waals surface area contributed by atoms with E-state index in [1.165, 1.54) is 0 Å². The van der Waals surface area contributed by atoms with Gasteiger partial charge in [0.1, 0.15) is 0 Å². The van der Waals surface area contributed by atoms with E-state index in [1.807, 2.05) is 11.8 Å². The fourth-order valence-corrected chi connectivity index (χ4v) is 5.53. The minimum absolute atomic E-state index is 0.0593. The minimum Gasteiger partial charge on any atom is -0.378 e. The van der Waals surface area contributed by atoms with Crippen molar-refractivity contribution in [2.75, 3.05) is 63.1 Å². The van der Waals surface area contributed by atoms with Gasteiger partial charge < -0.3 is 20.7 Å². The topological polar surface area (TPSA) is 105 Å². The van der Waals surface area contributed by atoms with Crippen molar-refractivity contribution in [2.24, 2.45) is 0 Å². The monoisotopic (exact) mass is 494 g/mol. The van der Waals surface area contributed by atoms with Crippen LogP contribution in [-0.4, -0.2) is 77.3 Å². The van der Waals surface area contributed by atoms with E-state index in [0.717, 1.165) is 54.1 Å². The number of nitrogen functional groups attached to an aromatic ring is 1. The molecule has 2 saturated heterocycles. The van der Waals surface area contributed by atoms with Crippen molar-refractivity contribution >= 4 is 33.3 Å². The van der Waals surface area contributed by atoms with Crippen LogP contribution < -0.4 is 16.0 Å². The molecule has 2 aliphatic heterocycles. The molecule has 5 heterocycles. The molecule has 3 aromatic heterocycles. The van der Waals surface area contributed by atoms with Crippen LogP contribution in [-0.2, 0) is 17.5 Å². The SMILES string of the molecule is Cc1c(CN2CCNCC2)sc2c(N3CCOCC3)nc(-c3cnc(N)nc3C(F)(F)F)nc12. The summed E-state index contributed by atoms with van der Waals surface area (Å²) in [6, 6.07) is 0. The molecule has 0 spiro atoms. The van der Waals surface area contributed by atoms with Gasteiger partial charge in [-0.15, -0.1) is 11.3 Å². The molecule has 5 rings (SSSR count). The van der Waals surface area contributed by atoms with Crippen molar-refractivity contribution in [1.82, 2.24) is 30.2 Å². The number of morpholine rings is 1. The molecule has 9 nitrogen and oxygen atoms in total. The molecule has 0 aliphatic carbocycles. The fraction of sp³-hybridized carbons (Fsp3) is 0.524. The van der Waals surface area contributed by atoms with Gasteiger partial charge in [0.05, 0.1) is 29.0 Å². The van der Waals surface area contributed by atoms with Gasteiger partial charge in [0.2, 0.25) is 5.95 Å². The number of nitrogens with one attached hydrogen (secondary N) is 1. The predicted molar refractivity (Wildman–Crippen MR) is 124 cm³/mol. The van der Waals surface area contributed by atoms with E-state index in [1.54, 1.807) is 11.3 Å². The normalized spacial score (nSPS) is 18.1. The van der Waals surface area contributed by atoms with Crippen LogP contribution in [0.2, 0.25) is 0 Å². The Labute approximate surface area is 198 Å². The minimum atomic E-state index is -4.72. The summed E-state index contributed by atoms with van der Waals surface area (Å²) in [5, 5.41) is 3.35. The van der Waals surface area contributed by atoms with Gasteiger partial charge in [0.15, 0.2) is 17.3 Å². The second-order valence-electron chi connectivity index (χ2n) is 8.31. The number of ether oxygens (including phenoxy) is 1. The van der Waals surface area contributed by atoms with Gasteiger partial charge >= 0.3 is 6.18 Å². The number of hydrogen-bond acceptors (Lipinski definition) is 10. The summed E-state index contributed by atoms with van der Waals surface area (Å²) in [7, 11) is 0. The average Bonchev–Trinajstić information content (AvgIpc) is 3.14.